The van der Waals surface area contributed by atoms with Crippen LogP contribution in [0, 0.1) is 0 Å². The summed E-state index contributed by atoms with van der Waals surface area (Å²) in [6, 6.07) is 1.75. The van der Waals surface area contributed by atoms with E-state index in [1.807, 2.05) is 0 Å². The van der Waals surface area contributed by atoms with Crippen LogP contribution in [0.1, 0.15) is 31.6 Å². The molecule has 2 heterocycles. The fraction of sp³-hybridized carbons (Fsp3) is 0.500. The molecule has 1 fully saturated rings. The quantitative estimate of drug-likeness (QED) is 0.877. The van der Waals surface area contributed by atoms with Crippen molar-refractivity contribution in [3.05, 3.63) is 24.4 Å². The van der Waals surface area contributed by atoms with Crippen LogP contribution in [0.2, 0.25) is 0 Å². The van der Waals surface area contributed by atoms with E-state index in [0.29, 0.717) is 24.0 Å². The SMILES string of the molecule is NC1(Cc2nc(-c3ncccn3)no2)CCCC1. The number of nitrogens with two attached hydrogens (primary N) is 1. The van der Waals surface area contributed by atoms with E-state index >= 15 is 0 Å². The fourth-order valence-corrected chi connectivity index (χ4v) is 2.39. The maximum absolute atomic E-state index is 6.28. The Labute approximate surface area is 105 Å². The van der Waals surface area contributed by atoms with Crippen molar-refractivity contribution in [3.63, 3.8) is 0 Å². The number of hydrogen-bond acceptors (Lipinski definition) is 6. The zero-order chi connectivity index (χ0) is 12.4. The topological polar surface area (TPSA) is 90.7 Å². The number of rotatable bonds is 3. The maximum atomic E-state index is 6.28. The van der Waals surface area contributed by atoms with Crippen molar-refractivity contribution < 1.29 is 4.52 Å². The number of nitrogens with zero attached hydrogens (tertiary/aromatic N) is 4. The molecule has 94 valence electrons. The van der Waals surface area contributed by atoms with Gasteiger partial charge >= 0.3 is 0 Å². The van der Waals surface area contributed by atoms with Gasteiger partial charge in [-0.25, -0.2) is 9.97 Å². The third-order valence-corrected chi connectivity index (χ3v) is 3.34. The molecule has 0 radical (unpaired) electrons. The molecule has 1 aliphatic rings. The van der Waals surface area contributed by atoms with Gasteiger partial charge in [0.25, 0.3) is 0 Å². The minimum atomic E-state index is -0.179. The summed E-state index contributed by atoms with van der Waals surface area (Å²) < 4.78 is 5.23. The van der Waals surface area contributed by atoms with Crippen LogP contribution in [0.3, 0.4) is 0 Å². The zero-order valence-corrected chi connectivity index (χ0v) is 10.0. The van der Waals surface area contributed by atoms with E-state index in [2.05, 4.69) is 20.1 Å². The van der Waals surface area contributed by atoms with Gasteiger partial charge in [0.2, 0.25) is 17.5 Å². The van der Waals surface area contributed by atoms with E-state index in [1.54, 1.807) is 18.5 Å². The van der Waals surface area contributed by atoms with E-state index in [0.717, 1.165) is 12.8 Å². The summed E-state index contributed by atoms with van der Waals surface area (Å²) in [6.07, 6.45) is 8.34. The van der Waals surface area contributed by atoms with Gasteiger partial charge < -0.3 is 10.3 Å². The lowest BCUT2D eigenvalue weighted by Gasteiger charge is -2.20. The predicted octanol–water partition coefficient (Wildman–Crippen LogP) is 1.34. The maximum Gasteiger partial charge on any atom is 0.240 e. The Hall–Kier alpha value is -1.82. The first-order valence-corrected chi connectivity index (χ1v) is 6.14. The third kappa shape index (κ3) is 2.24. The van der Waals surface area contributed by atoms with Crippen LogP contribution in [0.5, 0.6) is 0 Å². The van der Waals surface area contributed by atoms with Crippen molar-refractivity contribution in [2.75, 3.05) is 0 Å². The fourth-order valence-electron chi connectivity index (χ4n) is 2.39. The normalized spacial score (nSPS) is 18.1. The van der Waals surface area contributed by atoms with Crippen molar-refractivity contribution in [1.82, 2.24) is 20.1 Å². The molecule has 1 aliphatic carbocycles. The first-order chi connectivity index (χ1) is 8.75. The average molecular weight is 245 g/mol. The second-order valence-electron chi connectivity index (χ2n) is 4.83. The Morgan fingerprint density at radius 3 is 2.61 bits per heavy atom. The van der Waals surface area contributed by atoms with Gasteiger partial charge in [-0.1, -0.05) is 18.0 Å². The van der Waals surface area contributed by atoms with E-state index in [9.17, 15) is 0 Å². The van der Waals surface area contributed by atoms with Gasteiger partial charge in [-0.2, -0.15) is 4.98 Å². The summed E-state index contributed by atoms with van der Waals surface area (Å²) in [6.45, 7) is 0. The first kappa shape index (κ1) is 11.3. The van der Waals surface area contributed by atoms with Crippen molar-refractivity contribution in [2.24, 2.45) is 5.73 Å². The van der Waals surface area contributed by atoms with Gasteiger partial charge in [0.1, 0.15) is 0 Å². The van der Waals surface area contributed by atoms with E-state index in [4.69, 9.17) is 10.3 Å². The van der Waals surface area contributed by atoms with Crippen LogP contribution in [-0.2, 0) is 6.42 Å². The summed E-state index contributed by atoms with van der Waals surface area (Å²) in [7, 11) is 0. The number of aromatic nitrogens is 4. The molecule has 3 rings (SSSR count). The molecule has 0 spiro atoms. The Morgan fingerprint density at radius 2 is 1.89 bits per heavy atom. The van der Waals surface area contributed by atoms with Crippen LogP contribution in [0.15, 0.2) is 23.0 Å². The lowest BCUT2D eigenvalue weighted by molar-refractivity contribution is 0.329. The molecule has 2 aromatic heterocycles. The van der Waals surface area contributed by atoms with Crippen molar-refractivity contribution in [3.8, 4) is 11.6 Å². The molecule has 6 nitrogen and oxygen atoms in total. The van der Waals surface area contributed by atoms with Crippen molar-refractivity contribution in [1.29, 1.82) is 0 Å². The molecule has 0 aliphatic heterocycles. The Kier molecular flexibility index (Phi) is 2.79. The molecule has 0 saturated heterocycles. The van der Waals surface area contributed by atoms with E-state index < -0.39 is 0 Å². The van der Waals surface area contributed by atoms with Crippen LogP contribution in [0.4, 0.5) is 0 Å². The highest BCUT2D eigenvalue weighted by Gasteiger charge is 2.31. The Morgan fingerprint density at radius 1 is 1.17 bits per heavy atom. The Balaban J connectivity index is 1.78. The highest BCUT2D eigenvalue weighted by atomic mass is 16.5. The summed E-state index contributed by atoms with van der Waals surface area (Å²) >= 11 is 0. The standard InChI is InChI=1S/C12H15N5O/c13-12(4-1-2-5-12)8-9-16-11(17-18-9)10-14-6-3-7-15-10/h3,6-7H,1-2,4-5,8,13H2. The molecule has 0 unspecified atom stereocenters. The summed E-state index contributed by atoms with van der Waals surface area (Å²) in [4.78, 5) is 12.5. The van der Waals surface area contributed by atoms with Gasteiger partial charge in [0.15, 0.2) is 0 Å². The smallest absolute Gasteiger partial charge is 0.240 e. The summed E-state index contributed by atoms with van der Waals surface area (Å²) in [5.74, 6) is 1.47. The van der Waals surface area contributed by atoms with Gasteiger partial charge in [0.05, 0.1) is 0 Å². The van der Waals surface area contributed by atoms with E-state index in [1.165, 1.54) is 12.8 Å². The van der Waals surface area contributed by atoms with Gasteiger partial charge in [-0.05, 0) is 18.9 Å². The highest BCUT2D eigenvalue weighted by molar-refractivity contribution is 5.40. The van der Waals surface area contributed by atoms with Crippen molar-refractivity contribution >= 4 is 0 Å². The largest absolute Gasteiger partial charge is 0.339 e. The summed E-state index contributed by atoms with van der Waals surface area (Å²) in [5.41, 5.74) is 6.10. The lowest BCUT2D eigenvalue weighted by atomic mass is 9.95. The molecular weight excluding hydrogens is 230 g/mol. The minimum absolute atomic E-state index is 0.179. The van der Waals surface area contributed by atoms with Gasteiger partial charge in [-0.15, -0.1) is 0 Å². The van der Waals surface area contributed by atoms with Crippen molar-refractivity contribution in [2.45, 2.75) is 37.6 Å². The molecule has 1 saturated carbocycles. The molecule has 18 heavy (non-hydrogen) atoms. The van der Waals surface area contributed by atoms with Crippen LogP contribution in [-0.4, -0.2) is 25.6 Å². The molecule has 2 aromatic rings. The van der Waals surface area contributed by atoms with Crippen LogP contribution in [0.25, 0.3) is 11.6 Å². The van der Waals surface area contributed by atoms with E-state index in [-0.39, 0.29) is 5.54 Å². The monoisotopic (exact) mass is 245 g/mol. The first-order valence-electron chi connectivity index (χ1n) is 6.14. The molecule has 2 N–H and O–H groups in total. The average Bonchev–Trinajstić information content (AvgIpc) is 3.00. The molecule has 0 atom stereocenters. The molecule has 0 bridgehead atoms. The molecule has 6 heteroatoms. The van der Waals surface area contributed by atoms with Crippen LogP contribution < -0.4 is 5.73 Å². The summed E-state index contributed by atoms with van der Waals surface area (Å²) in [5, 5.41) is 3.89. The lowest BCUT2D eigenvalue weighted by Crippen LogP contribution is -2.38. The van der Waals surface area contributed by atoms with Crippen LogP contribution >= 0.6 is 0 Å². The predicted molar refractivity (Wildman–Crippen MR) is 64.4 cm³/mol. The number of hydrogen-bond donors (Lipinski definition) is 1. The third-order valence-electron chi connectivity index (χ3n) is 3.34. The molecular formula is C12H15N5O. The second-order valence-corrected chi connectivity index (χ2v) is 4.83. The Bertz CT molecular complexity index is 518. The second kappa shape index (κ2) is 4.45. The highest BCUT2D eigenvalue weighted by Crippen LogP contribution is 2.30. The van der Waals surface area contributed by atoms with Gasteiger partial charge in [0, 0.05) is 24.4 Å². The zero-order valence-electron chi connectivity index (χ0n) is 10.0. The molecule has 0 aromatic carbocycles. The van der Waals surface area contributed by atoms with Gasteiger partial charge in [-0.3, -0.25) is 0 Å². The minimum Gasteiger partial charge on any atom is -0.339 e. The molecule has 0 amide bonds.